The van der Waals surface area contributed by atoms with Gasteiger partial charge in [-0.05, 0) is 35.4 Å². The van der Waals surface area contributed by atoms with E-state index in [0.29, 0.717) is 0 Å². The van der Waals surface area contributed by atoms with Crippen molar-refractivity contribution >= 4 is 0 Å². The van der Waals surface area contributed by atoms with Crippen LogP contribution >= 0.6 is 0 Å². The first-order valence-electron chi connectivity index (χ1n) is 5.89. The molecule has 3 rings (SSSR count). The third kappa shape index (κ3) is 2.18. The molecular formula is C16H12O3. The zero-order valence-electron chi connectivity index (χ0n) is 10.1. The van der Waals surface area contributed by atoms with Gasteiger partial charge in [0.2, 0.25) is 0 Å². The van der Waals surface area contributed by atoms with Crippen LogP contribution in [0.4, 0.5) is 0 Å². The number of hydrogen-bond acceptors (Lipinski definition) is 3. The van der Waals surface area contributed by atoms with Crippen LogP contribution in [0.15, 0.2) is 65.5 Å². The van der Waals surface area contributed by atoms with E-state index < -0.39 is 0 Å². The zero-order valence-corrected chi connectivity index (χ0v) is 10.1. The highest BCUT2D eigenvalue weighted by Gasteiger charge is 2.10. The lowest BCUT2D eigenvalue weighted by Gasteiger charge is -2.04. The number of rotatable bonds is 2. The summed E-state index contributed by atoms with van der Waals surface area (Å²) in [6.07, 6.45) is 3.31. The van der Waals surface area contributed by atoms with Gasteiger partial charge in [-0.25, -0.2) is 0 Å². The molecule has 0 aliphatic heterocycles. The number of benzene rings is 2. The van der Waals surface area contributed by atoms with Crippen molar-refractivity contribution in [2.45, 2.75) is 0 Å². The summed E-state index contributed by atoms with van der Waals surface area (Å²) in [5.74, 6) is 0.446. The predicted molar refractivity (Wildman–Crippen MR) is 72.9 cm³/mol. The molecule has 2 N–H and O–H groups in total. The quantitative estimate of drug-likeness (QED) is 0.724. The first-order chi connectivity index (χ1) is 9.24. The molecule has 0 unspecified atom stereocenters. The van der Waals surface area contributed by atoms with Crippen LogP contribution in [0, 0.1) is 0 Å². The smallest absolute Gasteiger partial charge is 0.116 e. The van der Waals surface area contributed by atoms with Crippen LogP contribution < -0.4 is 0 Å². The lowest BCUT2D eigenvalue weighted by Crippen LogP contribution is -1.80. The monoisotopic (exact) mass is 252 g/mol. The second-order valence-corrected chi connectivity index (χ2v) is 4.30. The van der Waals surface area contributed by atoms with Gasteiger partial charge in [-0.3, -0.25) is 0 Å². The minimum absolute atomic E-state index is 0.218. The van der Waals surface area contributed by atoms with Crippen molar-refractivity contribution in [1.29, 1.82) is 0 Å². The normalized spacial score (nSPS) is 10.5. The highest BCUT2D eigenvalue weighted by molar-refractivity contribution is 5.82. The van der Waals surface area contributed by atoms with Crippen molar-refractivity contribution in [2.75, 3.05) is 0 Å². The highest BCUT2D eigenvalue weighted by Crippen LogP contribution is 2.34. The van der Waals surface area contributed by atoms with Crippen LogP contribution in [0.25, 0.3) is 22.3 Å². The average Bonchev–Trinajstić information content (AvgIpc) is 2.89. The summed E-state index contributed by atoms with van der Waals surface area (Å²) < 4.78 is 5.28. The molecule has 0 aliphatic carbocycles. The van der Waals surface area contributed by atoms with E-state index in [-0.39, 0.29) is 11.5 Å². The Balaban J connectivity index is 2.10. The van der Waals surface area contributed by atoms with E-state index in [1.807, 2.05) is 18.2 Å². The summed E-state index contributed by atoms with van der Waals surface area (Å²) >= 11 is 0. The Kier molecular flexibility index (Phi) is 2.72. The van der Waals surface area contributed by atoms with Gasteiger partial charge in [0.15, 0.2) is 0 Å². The van der Waals surface area contributed by atoms with E-state index in [2.05, 4.69) is 0 Å². The summed E-state index contributed by atoms with van der Waals surface area (Å²) in [6, 6.07) is 13.9. The molecule has 0 saturated carbocycles. The molecule has 0 aliphatic rings. The highest BCUT2D eigenvalue weighted by atomic mass is 16.3. The molecular weight excluding hydrogens is 240 g/mol. The van der Waals surface area contributed by atoms with E-state index in [0.717, 1.165) is 22.3 Å². The Morgan fingerprint density at radius 3 is 2.05 bits per heavy atom. The van der Waals surface area contributed by atoms with Gasteiger partial charge in [0.1, 0.15) is 11.5 Å². The van der Waals surface area contributed by atoms with Gasteiger partial charge in [-0.2, -0.15) is 0 Å². The molecule has 0 amide bonds. The summed E-state index contributed by atoms with van der Waals surface area (Å²) in [5, 5.41) is 18.9. The van der Waals surface area contributed by atoms with Gasteiger partial charge in [0.05, 0.1) is 12.5 Å². The average molecular weight is 252 g/mol. The minimum atomic E-state index is 0.218. The van der Waals surface area contributed by atoms with Crippen molar-refractivity contribution in [2.24, 2.45) is 0 Å². The van der Waals surface area contributed by atoms with Crippen molar-refractivity contribution in [3.05, 3.63) is 61.1 Å². The van der Waals surface area contributed by atoms with Crippen molar-refractivity contribution < 1.29 is 14.6 Å². The largest absolute Gasteiger partial charge is 0.508 e. The van der Waals surface area contributed by atoms with Gasteiger partial charge in [0, 0.05) is 11.1 Å². The van der Waals surface area contributed by atoms with Crippen molar-refractivity contribution in [3.63, 3.8) is 0 Å². The van der Waals surface area contributed by atoms with Crippen LogP contribution in [0.5, 0.6) is 11.5 Å². The SMILES string of the molecule is Oc1ccc(-c2cocc2-c2cccc(O)c2)cc1. The second kappa shape index (κ2) is 4.53. The van der Waals surface area contributed by atoms with Gasteiger partial charge < -0.3 is 14.6 Å². The van der Waals surface area contributed by atoms with Gasteiger partial charge in [0.25, 0.3) is 0 Å². The molecule has 3 nitrogen and oxygen atoms in total. The Bertz CT molecular complexity index is 696. The molecule has 1 aromatic heterocycles. The van der Waals surface area contributed by atoms with Crippen molar-refractivity contribution in [1.82, 2.24) is 0 Å². The van der Waals surface area contributed by atoms with E-state index in [4.69, 9.17) is 4.42 Å². The van der Waals surface area contributed by atoms with Crippen molar-refractivity contribution in [3.8, 4) is 33.8 Å². The maximum absolute atomic E-state index is 9.55. The molecule has 0 fully saturated rings. The fourth-order valence-corrected chi connectivity index (χ4v) is 2.06. The molecule has 0 bridgehead atoms. The summed E-state index contributed by atoms with van der Waals surface area (Å²) in [5.41, 5.74) is 3.66. The third-order valence-electron chi connectivity index (χ3n) is 3.00. The number of phenols is 2. The first-order valence-corrected chi connectivity index (χ1v) is 5.89. The molecule has 19 heavy (non-hydrogen) atoms. The molecule has 0 atom stereocenters. The van der Waals surface area contributed by atoms with E-state index in [9.17, 15) is 10.2 Å². The zero-order chi connectivity index (χ0) is 13.2. The Hall–Kier alpha value is -2.68. The third-order valence-corrected chi connectivity index (χ3v) is 3.00. The lowest BCUT2D eigenvalue weighted by molar-refractivity contribution is 0.475. The minimum Gasteiger partial charge on any atom is -0.508 e. The van der Waals surface area contributed by atoms with Crippen LogP contribution in [0.1, 0.15) is 0 Å². The summed E-state index contributed by atoms with van der Waals surface area (Å²) in [7, 11) is 0. The predicted octanol–water partition coefficient (Wildman–Crippen LogP) is 4.02. The Morgan fingerprint density at radius 1 is 0.684 bits per heavy atom. The van der Waals surface area contributed by atoms with Crippen LogP contribution in [-0.4, -0.2) is 10.2 Å². The second-order valence-electron chi connectivity index (χ2n) is 4.30. The molecule has 94 valence electrons. The maximum Gasteiger partial charge on any atom is 0.116 e. The molecule has 3 aromatic rings. The van der Waals surface area contributed by atoms with Crippen LogP contribution in [0.3, 0.4) is 0 Å². The Morgan fingerprint density at radius 2 is 1.37 bits per heavy atom. The maximum atomic E-state index is 9.55. The summed E-state index contributed by atoms with van der Waals surface area (Å²) in [4.78, 5) is 0. The molecule has 0 spiro atoms. The summed E-state index contributed by atoms with van der Waals surface area (Å²) in [6.45, 7) is 0. The van der Waals surface area contributed by atoms with Gasteiger partial charge >= 0.3 is 0 Å². The number of furan rings is 1. The van der Waals surface area contributed by atoms with Crippen LogP contribution in [-0.2, 0) is 0 Å². The molecule has 0 radical (unpaired) electrons. The molecule has 3 heteroatoms. The van der Waals surface area contributed by atoms with E-state index in [1.54, 1.807) is 42.9 Å². The fraction of sp³-hybridized carbons (Fsp3) is 0. The number of aromatic hydroxyl groups is 2. The first kappa shape index (κ1) is 11.4. The molecule has 0 saturated heterocycles. The van der Waals surface area contributed by atoms with E-state index >= 15 is 0 Å². The lowest BCUT2D eigenvalue weighted by atomic mass is 9.99. The Labute approximate surface area is 110 Å². The van der Waals surface area contributed by atoms with Crippen LogP contribution in [0.2, 0.25) is 0 Å². The van der Waals surface area contributed by atoms with E-state index in [1.165, 1.54) is 0 Å². The topological polar surface area (TPSA) is 53.6 Å². The van der Waals surface area contributed by atoms with Gasteiger partial charge in [-0.15, -0.1) is 0 Å². The standard InChI is InChI=1S/C16H12O3/c17-13-6-4-11(5-7-13)15-9-19-10-16(15)12-2-1-3-14(18)8-12/h1-10,17-18H. The van der Waals surface area contributed by atoms with Gasteiger partial charge in [-0.1, -0.05) is 24.3 Å². The molecule has 1 heterocycles. The molecule has 2 aromatic carbocycles. The number of hydrogen-bond donors (Lipinski definition) is 2. The number of phenolic OH excluding ortho intramolecular Hbond substituents is 2. The fourth-order valence-electron chi connectivity index (χ4n) is 2.06.